The highest BCUT2D eigenvalue weighted by molar-refractivity contribution is 9.10. The molecular formula is C13H15BrN4. The molecule has 2 aromatic rings. The first kappa shape index (κ1) is 11.7. The van der Waals surface area contributed by atoms with Crippen LogP contribution in [-0.2, 0) is 0 Å². The maximum Gasteiger partial charge on any atom is 0.139 e. The lowest BCUT2D eigenvalue weighted by Crippen LogP contribution is -2.28. The Morgan fingerprint density at radius 1 is 1.39 bits per heavy atom. The summed E-state index contributed by atoms with van der Waals surface area (Å²) in [7, 11) is 0. The Balaban J connectivity index is 2.11. The van der Waals surface area contributed by atoms with Gasteiger partial charge in [0, 0.05) is 18.7 Å². The van der Waals surface area contributed by atoms with Crippen molar-refractivity contribution in [2.75, 3.05) is 18.4 Å². The monoisotopic (exact) mass is 306 g/mol. The lowest BCUT2D eigenvalue weighted by molar-refractivity contribution is 0.428. The normalized spacial score (nSPS) is 18.2. The molecule has 0 saturated carbocycles. The summed E-state index contributed by atoms with van der Waals surface area (Å²) in [5.74, 6) is 1.04. The predicted octanol–water partition coefficient (Wildman–Crippen LogP) is 2.63. The highest BCUT2D eigenvalue weighted by Gasteiger charge is 2.24. The minimum atomic E-state index is 0.287. The third-order valence-corrected chi connectivity index (χ3v) is 4.04. The van der Waals surface area contributed by atoms with Crippen molar-refractivity contribution in [1.82, 2.24) is 9.78 Å². The van der Waals surface area contributed by atoms with Crippen LogP contribution in [-0.4, -0.2) is 22.9 Å². The van der Waals surface area contributed by atoms with Crippen LogP contribution in [0.3, 0.4) is 0 Å². The molecule has 0 radical (unpaired) electrons. The predicted molar refractivity (Wildman–Crippen MR) is 76.6 cm³/mol. The van der Waals surface area contributed by atoms with E-state index in [0.29, 0.717) is 6.54 Å². The van der Waals surface area contributed by atoms with Crippen LogP contribution in [0.2, 0.25) is 0 Å². The highest BCUT2D eigenvalue weighted by atomic mass is 79.9. The zero-order valence-corrected chi connectivity index (χ0v) is 11.5. The lowest BCUT2D eigenvalue weighted by atomic mass is 10.1. The molecule has 1 aliphatic rings. The van der Waals surface area contributed by atoms with Crippen LogP contribution in [0, 0.1) is 0 Å². The van der Waals surface area contributed by atoms with E-state index < -0.39 is 0 Å². The lowest BCUT2D eigenvalue weighted by Gasteiger charge is -2.24. The van der Waals surface area contributed by atoms with Gasteiger partial charge in [0.25, 0.3) is 0 Å². The summed E-state index contributed by atoms with van der Waals surface area (Å²) < 4.78 is 3.03. The van der Waals surface area contributed by atoms with Crippen molar-refractivity contribution in [2.45, 2.75) is 12.5 Å². The van der Waals surface area contributed by atoms with Crippen molar-refractivity contribution in [3.8, 4) is 11.3 Å². The van der Waals surface area contributed by atoms with Crippen LogP contribution < -0.4 is 11.1 Å². The number of benzene rings is 1. The molecule has 5 heteroatoms. The van der Waals surface area contributed by atoms with Gasteiger partial charge in [0.15, 0.2) is 0 Å². The molecule has 94 valence electrons. The molecule has 1 aliphatic heterocycles. The Bertz CT molecular complexity index is 550. The van der Waals surface area contributed by atoms with Gasteiger partial charge in [-0.05, 0) is 22.4 Å². The first-order valence-electron chi connectivity index (χ1n) is 6.08. The molecule has 2 heterocycles. The van der Waals surface area contributed by atoms with Crippen molar-refractivity contribution in [1.29, 1.82) is 0 Å². The number of halogens is 1. The van der Waals surface area contributed by atoms with Crippen LogP contribution in [0.15, 0.2) is 34.8 Å². The number of nitrogens with zero attached hydrogens (tertiary/aromatic N) is 2. The molecular weight excluding hydrogens is 292 g/mol. The summed E-state index contributed by atoms with van der Waals surface area (Å²) in [5, 5.41) is 8.08. The summed E-state index contributed by atoms with van der Waals surface area (Å²) in [6.07, 6.45) is 1.02. The molecule has 1 unspecified atom stereocenters. The fourth-order valence-electron chi connectivity index (χ4n) is 2.31. The maximum atomic E-state index is 5.81. The molecule has 18 heavy (non-hydrogen) atoms. The molecule has 0 fully saturated rings. The summed E-state index contributed by atoms with van der Waals surface area (Å²) in [5.41, 5.74) is 7.90. The van der Waals surface area contributed by atoms with E-state index in [1.165, 1.54) is 0 Å². The SMILES string of the molecule is NCC1CCNc2c(Br)c(-c3ccccc3)nn21. The molecule has 3 rings (SSSR count). The zero-order chi connectivity index (χ0) is 12.5. The third-order valence-electron chi connectivity index (χ3n) is 3.29. The minimum absolute atomic E-state index is 0.287. The van der Waals surface area contributed by atoms with E-state index in [0.717, 1.165) is 34.5 Å². The Morgan fingerprint density at radius 3 is 2.89 bits per heavy atom. The number of fused-ring (bicyclic) bond motifs is 1. The number of nitrogens with two attached hydrogens (primary N) is 1. The van der Waals surface area contributed by atoms with Gasteiger partial charge in [-0.3, -0.25) is 0 Å². The van der Waals surface area contributed by atoms with Crippen LogP contribution >= 0.6 is 15.9 Å². The zero-order valence-electron chi connectivity index (χ0n) is 9.94. The summed E-state index contributed by atoms with van der Waals surface area (Å²) in [6, 6.07) is 10.5. The van der Waals surface area contributed by atoms with Gasteiger partial charge in [0.1, 0.15) is 11.5 Å². The quantitative estimate of drug-likeness (QED) is 0.897. The molecule has 0 bridgehead atoms. The van der Waals surface area contributed by atoms with Crippen molar-refractivity contribution in [2.24, 2.45) is 5.73 Å². The average molecular weight is 307 g/mol. The van der Waals surface area contributed by atoms with Crippen molar-refractivity contribution in [3.63, 3.8) is 0 Å². The van der Waals surface area contributed by atoms with Gasteiger partial charge in [-0.2, -0.15) is 5.10 Å². The average Bonchev–Trinajstić information content (AvgIpc) is 2.77. The first-order chi connectivity index (χ1) is 8.81. The Hall–Kier alpha value is -1.33. The van der Waals surface area contributed by atoms with Gasteiger partial charge in [0.05, 0.1) is 10.5 Å². The second-order valence-electron chi connectivity index (χ2n) is 4.43. The Kier molecular flexibility index (Phi) is 3.09. The standard InChI is InChI=1S/C13H15BrN4/c14-11-12(9-4-2-1-3-5-9)17-18-10(8-15)6-7-16-13(11)18/h1-5,10,16H,6-8,15H2. The fraction of sp³-hybridized carbons (Fsp3) is 0.308. The van der Waals surface area contributed by atoms with Crippen LogP contribution in [0.4, 0.5) is 5.82 Å². The number of anilines is 1. The number of hydrogen-bond acceptors (Lipinski definition) is 3. The Labute approximate surface area is 114 Å². The summed E-state index contributed by atoms with van der Waals surface area (Å²) >= 11 is 3.64. The van der Waals surface area contributed by atoms with E-state index in [-0.39, 0.29) is 6.04 Å². The van der Waals surface area contributed by atoms with Crippen molar-refractivity contribution < 1.29 is 0 Å². The Morgan fingerprint density at radius 2 is 2.17 bits per heavy atom. The second kappa shape index (κ2) is 4.74. The first-order valence-corrected chi connectivity index (χ1v) is 6.88. The van der Waals surface area contributed by atoms with Crippen molar-refractivity contribution >= 4 is 21.7 Å². The third kappa shape index (κ3) is 1.83. The molecule has 4 nitrogen and oxygen atoms in total. The molecule has 1 aromatic heterocycles. The van der Waals surface area contributed by atoms with E-state index in [9.17, 15) is 0 Å². The fourth-order valence-corrected chi connectivity index (χ4v) is 2.94. The number of hydrogen-bond donors (Lipinski definition) is 2. The van der Waals surface area contributed by atoms with Gasteiger partial charge >= 0.3 is 0 Å². The van der Waals surface area contributed by atoms with E-state index >= 15 is 0 Å². The van der Waals surface area contributed by atoms with Gasteiger partial charge in [0.2, 0.25) is 0 Å². The molecule has 1 aromatic carbocycles. The molecule has 0 amide bonds. The second-order valence-corrected chi connectivity index (χ2v) is 5.22. The van der Waals surface area contributed by atoms with E-state index in [1.54, 1.807) is 0 Å². The molecule has 0 aliphatic carbocycles. The van der Waals surface area contributed by atoms with E-state index in [2.05, 4.69) is 33.4 Å². The van der Waals surface area contributed by atoms with Gasteiger partial charge < -0.3 is 11.1 Å². The van der Waals surface area contributed by atoms with Crippen LogP contribution in [0.1, 0.15) is 12.5 Å². The van der Waals surface area contributed by atoms with Crippen LogP contribution in [0.25, 0.3) is 11.3 Å². The highest BCUT2D eigenvalue weighted by Crippen LogP contribution is 2.37. The maximum absolute atomic E-state index is 5.81. The number of aromatic nitrogens is 2. The molecule has 3 N–H and O–H groups in total. The largest absolute Gasteiger partial charge is 0.369 e. The van der Waals surface area contributed by atoms with Crippen molar-refractivity contribution in [3.05, 3.63) is 34.8 Å². The number of nitrogens with one attached hydrogen (secondary N) is 1. The number of rotatable bonds is 2. The summed E-state index contributed by atoms with van der Waals surface area (Å²) in [4.78, 5) is 0. The summed E-state index contributed by atoms with van der Waals surface area (Å²) in [6.45, 7) is 1.57. The smallest absolute Gasteiger partial charge is 0.139 e. The minimum Gasteiger partial charge on any atom is -0.369 e. The molecule has 1 atom stereocenters. The van der Waals surface area contributed by atoms with Gasteiger partial charge in [-0.15, -0.1) is 0 Å². The van der Waals surface area contributed by atoms with E-state index in [4.69, 9.17) is 10.8 Å². The topological polar surface area (TPSA) is 55.9 Å². The van der Waals surface area contributed by atoms with E-state index in [1.807, 2.05) is 22.9 Å². The van der Waals surface area contributed by atoms with Gasteiger partial charge in [-0.25, -0.2) is 4.68 Å². The molecule has 0 saturated heterocycles. The van der Waals surface area contributed by atoms with Crippen LogP contribution in [0.5, 0.6) is 0 Å². The molecule has 0 spiro atoms. The van der Waals surface area contributed by atoms with Gasteiger partial charge in [-0.1, -0.05) is 30.3 Å².